The van der Waals surface area contributed by atoms with Crippen molar-refractivity contribution in [1.82, 2.24) is 0 Å². The third kappa shape index (κ3) is 5.82. The van der Waals surface area contributed by atoms with Gasteiger partial charge in [-0.05, 0) is 36.4 Å². The molecule has 1 heterocycles. The van der Waals surface area contributed by atoms with Crippen molar-refractivity contribution in [2.75, 3.05) is 6.61 Å². The number of nitrogens with two attached hydrogens (primary N) is 2. The second kappa shape index (κ2) is 10.4. The lowest BCUT2D eigenvalue weighted by atomic mass is 10.2. The van der Waals surface area contributed by atoms with Crippen LogP contribution in [0.2, 0.25) is 0 Å². The molecule has 1 amide bonds. The Kier molecular flexibility index (Phi) is 7.36. The number of furan rings is 1. The SMILES string of the molecule is NC(=O)COc1ccc(/C(N)=N/OC(=O)c2ccc(COc3c(F)c(F)cc(F)c3F)o2)cc1. The van der Waals surface area contributed by atoms with Crippen LogP contribution in [0.15, 0.2) is 52.0 Å². The van der Waals surface area contributed by atoms with E-state index in [4.69, 9.17) is 25.4 Å². The first-order valence-corrected chi connectivity index (χ1v) is 9.26. The first-order chi connectivity index (χ1) is 16.2. The summed E-state index contributed by atoms with van der Waals surface area (Å²) in [7, 11) is 0. The van der Waals surface area contributed by atoms with Crippen molar-refractivity contribution >= 4 is 17.7 Å². The number of hydrogen-bond acceptors (Lipinski definition) is 7. The minimum absolute atomic E-state index is 0.0386. The highest BCUT2D eigenvalue weighted by atomic mass is 19.2. The number of carbonyl (C=O) groups excluding carboxylic acids is 2. The number of rotatable bonds is 9. The van der Waals surface area contributed by atoms with Gasteiger partial charge >= 0.3 is 5.97 Å². The Morgan fingerprint density at radius 2 is 1.56 bits per heavy atom. The van der Waals surface area contributed by atoms with Crippen molar-refractivity contribution < 1.29 is 45.9 Å². The summed E-state index contributed by atoms with van der Waals surface area (Å²) in [4.78, 5) is 27.4. The molecule has 0 fully saturated rings. The van der Waals surface area contributed by atoms with Crippen LogP contribution in [0.4, 0.5) is 17.6 Å². The molecule has 13 heteroatoms. The normalized spacial score (nSPS) is 11.2. The summed E-state index contributed by atoms with van der Waals surface area (Å²) in [6, 6.07) is 8.33. The van der Waals surface area contributed by atoms with Crippen LogP contribution in [0.25, 0.3) is 0 Å². The molecule has 3 rings (SSSR count). The average molecular weight is 481 g/mol. The van der Waals surface area contributed by atoms with Gasteiger partial charge in [0.15, 0.2) is 29.8 Å². The summed E-state index contributed by atoms with van der Waals surface area (Å²) >= 11 is 0. The fourth-order valence-electron chi connectivity index (χ4n) is 2.45. The molecule has 2 aromatic carbocycles. The maximum atomic E-state index is 13.6. The van der Waals surface area contributed by atoms with Crippen LogP contribution in [-0.4, -0.2) is 24.3 Å². The van der Waals surface area contributed by atoms with Crippen molar-refractivity contribution in [3.63, 3.8) is 0 Å². The highest BCUT2D eigenvalue weighted by Gasteiger charge is 2.21. The number of nitrogens with zero attached hydrogens (tertiary/aromatic N) is 1. The maximum Gasteiger partial charge on any atom is 0.400 e. The van der Waals surface area contributed by atoms with Gasteiger partial charge in [-0.2, -0.15) is 8.78 Å². The number of oxime groups is 1. The fourth-order valence-corrected chi connectivity index (χ4v) is 2.45. The summed E-state index contributed by atoms with van der Waals surface area (Å²) < 4.78 is 68.6. The Morgan fingerprint density at radius 3 is 2.18 bits per heavy atom. The molecule has 0 aliphatic rings. The molecule has 1 aromatic heterocycles. The molecule has 0 atom stereocenters. The number of carbonyl (C=O) groups is 2. The number of primary amides is 1. The van der Waals surface area contributed by atoms with Gasteiger partial charge in [0.2, 0.25) is 17.4 Å². The van der Waals surface area contributed by atoms with E-state index in [1.807, 2.05) is 0 Å². The quantitative estimate of drug-likeness (QED) is 0.120. The van der Waals surface area contributed by atoms with Gasteiger partial charge in [-0.1, -0.05) is 5.16 Å². The average Bonchev–Trinajstić information content (AvgIpc) is 3.29. The highest BCUT2D eigenvalue weighted by molar-refractivity contribution is 5.98. The van der Waals surface area contributed by atoms with Crippen LogP contribution in [0.5, 0.6) is 11.5 Å². The molecular formula is C21H15F4N3O6. The molecule has 0 unspecified atom stereocenters. The first-order valence-electron chi connectivity index (χ1n) is 9.26. The number of halogens is 4. The Labute approximate surface area is 188 Å². The summed E-state index contributed by atoms with van der Waals surface area (Å²) in [5.41, 5.74) is 11.1. The summed E-state index contributed by atoms with van der Waals surface area (Å²) in [6.45, 7) is -0.959. The predicted molar refractivity (Wildman–Crippen MR) is 107 cm³/mol. The van der Waals surface area contributed by atoms with Gasteiger partial charge < -0.3 is 30.2 Å². The minimum atomic E-state index is -1.72. The van der Waals surface area contributed by atoms with E-state index in [1.165, 1.54) is 30.3 Å². The van der Waals surface area contributed by atoms with E-state index in [2.05, 4.69) is 9.99 Å². The number of hydrogen-bond donors (Lipinski definition) is 2. The van der Waals surface area contributed by atoms with Crippen molar-refractivity contribution in [3.8, 4) is 11.5 Å². The van der Waals surface area contributed by atoms with Gasteiger partial charge in [-0.3, -0.25) is 4.79 Å². The molecule has 178 valence electrons. The molecule has 0 saturated carbocycles. The molecule has 0 aliphatic heterocycles. The van der Waals surface area contributed by atoms with Gasteiger partial charge in [-0.25, -0.2) is 13.6 Å². The second-order valence-corrected chi connectivity index (χ2v) is 6.49. The smallest absolute Gasteiger partial charge is 0.400 e. The van der Waals surface area contributed by atoms with Gasteiger partial charge in [0.1, 0.15) is 18.1 Å². The number of amidine groups is 1. The molecular weight excluding hydrogens is 466 g/mol. The van der Waals surface area contributed by atoms with Crippen LogP contribution >= 0.6 is 0 Å². The summed E-state index contributed by atoms with van der Waals surface area (Å²) in [5.74, 6) is -10.0. The Morgan fingerprint density at radius 1 is 0.912 bits per heavy atom. The topological polar surface area (TPSA) is 139 Å². The van der Waals surface area contributed by atoms with Gasteiger partial charge in [0.05, 0.1) is 0 Å². The lowest BCUT2D eigenvalue weighted by molar-refractivity contribution is -0.119. The second-order valence-electron chi connectivity index (χ2n) is 6.49. The molecule has 0 aliphatic carbocycles. The van der Waals surface area contributed by atoms with Gasteiger partial charge in [0, 0.05) is 11.6 Å². The standard InChI is InChI=1S/C21H15F4N3O6/c22-13-7-14(23)18(25)19(17(13)24)32-8-12-5-6-15(33-12)21(30)34-28-20(27)10-1-3-11(4-2-10)31-9-16(26)29/h1-7H,8-9H2,(H2,26,29)(H2,27,28). The molecule has 3 aromatic rings. The van der Waals surface area contributed by atoms with Crippen molar-refractivity contribution in [3.05, 3.63) is 82.8 Å². The van der Waals surface area contributed by atoms with Crippen LogP contribution < -0.4 is 20.9 Å². The monoisotopic (exact) mass is 481 g/mol. The van der Waals surface area contributed by atoms with E-state index in [0.29, 0.717) is 11.3 Å². The van der Waals surface area contributed by atoms with E-state index >= 15 is 0 Å². The first kappa shape index (κ1) is 24.1. The van der Waals surface area contributed by atoms with Crippen molar-refractivity contribution in [2.24, 2.45) is 16.6 Å². The van der Waals surface area contributed by atoms with Crippen molar-refractivity contribution in [1.29, 1.82) is 0 Å². The Bertz CT molecular complexity index is 1220. The van der Waals surface area contributed by atoms with Crippen LogP contribution in [0, 0.1) is 23.3 Å². The summed E-state index contributed by atoms with van der Waals surface area (Å²) in [5, 5.41) is 3.48. The Hall–Kier alpha value is -4.55. The number of amides is 1. The lowest BCUT2D eigenvalue weighted by Gasteiger charge is -2.08. The minimum Gasteiger partial charge on any atom is -0.484 e. The van der Waals surface area contributed by atoms with Crippen LogP contribution in [0.1, 0.15) is 21.9 Å². The van der Waals surface area contributed by atoms with Crippen LogP contribution in [-0.2, 0) is 16.2 Å². The zero-order valence-corrected chi connectivity index (χ0v) is 17.0. The predicted octanol–water partition coefficient (Wildman–Crippen LogP) is 2.76. The van der Waals surface area contributed by atoms with E-state index < -0.39 is 47.5 Å². The number of benzene rings is 2. The van der Waals surface area contributed by atoms with Gasteiger partial charge in [0.25, 0.3) is 5.91 Å². The van der Waals surface area contributed by atoms with E-state index in [1.54, 1.807) is 0 Å². The van der Waals surface area contributed by atoms with Crippen molar-refractivity contribution in [2.45, 2.75) is 6.61 Å². The molecule has 0 saturated heterocycles. The maximum absolute atomic E-state index is 13.6. The van der Waals surface area contributed by atoms with E-state index in [-0.39, 0.29) is 30.0 Å². The third-order valence-corrected chi connectivity index (χ3v) is 4.05. The van der Waals surface area contributed by atoms with E-state index in [9.17, 15) is 27.2 Å². The zero-order valence-electron chi connectivity index (χ0n) is 17.0. The summed E-state index contributed by atoms with van der Waals surface area (Å²) in [6.07, 6.45) is 0. The molecule has 0 spiro atoms. The molecule has 4 N–H and O–H groups in total. The lowest BCUT2D eigenvalue weighted by Crippen LogP contribution is -2.20. The van der Waals surface area contributed by atoms with E-state index in [0.717, 1.165) is 6.07 Å². The highest BCUT2D eigenvalue weighted by Crippen LogP contribution is 2.27. The molecule has 0 bridgehead atoms. The third-order valence-electron chi connectivity index (χ3n) is 4.05. The Balaban J connectivity index is 1.59. The molecule has 34 heavy (non-hydrogen) atoms. The van der Waals surface area contributed by atoms with Gasteiger partial charge in [-0.15, -0.1) is 0 Å². The van der Waals surface area contributed by atoms with Crippen LogP contribution in [0.3, 0.4) is 0 Å². The molecule has 9 nitrogen and oxygen atoms in total. The zero-order chi connectivity index (χ0) is 24.8. The largest absolute Gasteiger partial charge is 0.484 e. The number of ether oxygens (including phenoxy) is 2. The molecule has 0 radical (unpaired) electrons. The fraction of sp³-hybridized carbons (Fsp3) is 0.0952.